The second kappa shape index (κ2) is 14.9. The highest BCUT2D eigenvalue weighted by Gasteiger charge is 2.41. The summed E-state index contributed by atoms with van der Waals surface area (Å²) in [5.74, 6) is -3.36. The molecule has 1 saturated heterocycles. The monoisotopic (exact) mass is 644 g/mol. The van der Waals surface area contributed by atoms with Crippen LogP contribution in [-0.4, -0.2) is 64.3 Å². The van der Waals surface area contributed by atoms with Crippen LogP contribution in [0.1, 0.15) is 63.1 Å². The van der Waals surface area contributed by atoms with Crippen LogP contribution >= 0.6 is 23.2 Å². The van der Waals surface area contributed by atoms with Gasteiger partial charge in [0.1, 0.15) is 6.04 Å². The van der Waals surface area contributed by atoms with E-state index < -0.39 is 47.7 Å². The fourth-order valence-electron chi connectivity index (χ4n) is 5.55. The smallest absolute Gasteiger partial charge is 0.408 e. The van der Waals surface area contributed by atoms with E-state index >= 15 is 0 Å². The first-order valence-electron chi connectivity index (χ1n) is 14.9. The molecule has 2 aliphatic rings. The van der Waals surface area contributed by atoms with E-state index in [4.69, 9.17) is 23.2 Å². The largest absolute Gasteiger partial charge is 0.465 e. The van der Waals surface area contributed by atoms with Crippen molar-refractivity contribution in [1.82, 2.24) is 20.9 Å². The van der Waals surface area contributed by atoms with Gasteiger partial charge in [-0.1, -0.05) is 61.3 Å². The van der Waals surface area contributed by atoms with E-state index in [0.717, 1.165) is 23.3 Å². The third-order valence-corrected chi connectivity index (χ3v) is 8.36. The summed E-state index contributed by atoms with van der Waals surface area (Å²) in [6.45, 7) is 4.15. The number of nitrogens with one attached hydrogen (secondary N) is 3. The molecule has 236 valence electrons. The van der Waals surface area contributed by atoms with Gasteiger partial charge in [-0.05, 0) is 79.8 Å². The Hall–Kier alpha value is -3.63. The molecule has 2 aromatic rings. The third kappa shape index (κ3) is 8.95. The quantitative estimate of drug-likeness (QED) is 0.222. The molecule has 4 rings (SSSR count). The van der Waals surface area contributed by atoms with Crippen LogP contribution in [-0.2, 0) is 25.6 Å². The van der Waals surface area contributed by atoms with Crippen LogP contribution in [0.4, 0.5) is 4.79 Å². The number of carbonyl (C=O) groups is 5. The van der Waals surface area contributed by atoms with Crippen molar-refractivity contribution in [2.24, 2.45) is 11.8 Å². The van der Waals surface area contributed by atoms with Gasteiger partial charge in [0, 0.05) is 28.5 Å². The minimum absolute atomic E-state index is 0.0732. The molecular formula is C32H38Cl2N4O6. The minimum atomic E-state index is -1.35. The Morgan fingerprint density at radius 1 is 1.02 bits per heavy atom. The van der Waals surface area contributed by atoms with Gasteiger partial charge < -0.3 is 21.1 Å². The molecule has 0 spiro atoms. The van der Waals surface area contributed by atoms with E-state index in [1.54, 1.807) is 42.5 Å². The number of benzene rings is 2. The van der Waals surface area contributed by atoms with Gasteiger partial charge in [0.25, 0.3) is 5.91 Å². The van der Waals surface area contributed by atoms with Gasteiger partial charge in [0.15, 0.2) is 0 Å². The first-order valence-corrected chi connectivity index (χ1v) is 15.6. The zero-order valence-corrected chi connectivity index (χ0v) is 26.2. The summed E-state index contributed by atoms with van der Waals surface area (Å²) in [6.07, 6.45) is 0.882. The van der Waals surface area contributed by atoms with Crippen molar-refractivity contribution in [3.05, 3.63) is 69.7 Å². The fraction of sp³-hybridized carbons (Fsp3) is 0.469. The molecule has 4 atom stereocenters. The van der Waals surface area contributed by atoms with E-state index in [9.17, 15) is 29.1 Å². The van der Waals surface area contributed by atoms with Crippen LogP contribution < -0.4 is 16.0 Å². The number of carboxylic acid groups (broad SMARTS) is 1. The molecule has 12 heteroatoms. The van der Waals surface area contributed by atoms with Crippen molar-refractivity contribution in [2.75, 3.05) is 6.54 Å². The molecule has 44 heavy (non-hydrogen) atoms. The standard InChI is InChI=1S/C32H38Cl2N4O6/c1-18(2)13-27(30(41)37-25(17-21-11-12-35-29(21)40)28(39)31(42)36-24-9-10-24)38(32(43)44)26(20-6-4-8-23(34)16-20)15-19-5-3-7-22(33)14-19/h3-8,14,16,18,21,24-27H,9-13,15,17H2,1-2H3,(H,35,40)(H,36,42)(H,37,41)(H,43,44)/t21-,25-,26?,27-/m0/s1. The predicted octanol–water partition coefficient (Wildman–Crippen LogP) is 4.53. The summed E-state index contributed by atoms with van der Waals surface area (Å²) in [4.78, 5) is 66.8. The van der Waals surface area contributed by atoms with Crippen molar-refractivity contribution < 1.29 is 29.1 Å². The lowest BCUT2D eigenvalue weighted by Crippen LogP contribution is -2.56. The molecule has 1 aliphatic carbocycles. The highest BCUT2D eigenvalue weighted by atomic mass is 35.5. The van der Waals surface area contributed by atoms with Crippen molar-refractivity contribution in [3.63, 3.8) is 0 Å². The van der Waals surface area contributed by atoms with Crippen molar-refractivity contribution in [1.29, 1.82) is 0 Å². The van der Waals surface area contributed by atoms with Crippen molar-refractivity contribution in [3.8, 4) is 0 Å². The molecule has 4 N–H and O–H groups in total. The van der Waals surface area contributed by atoms with Gasteiger partial charge in [-0.3, -0.25) is 24.1 Å². The Bertz CT molecular complexity index is 1400. The molecule has 1 unspecified atom stereocenters. The molecule has 4 amide bonds. The third-order valence-electron chi connectivity index (χ3n) is 7.89. The number of hydrogen-bond donors (Lipinski definition) is 4. The molecule has 10 nitrogen and oxygen atoms in total. The first-order chi connectivity index (χ1) is 20.9. The molecular weight excluding hydrogens is 607 g/mol. The Kier molecular flexibility index (Phi) is 11.3. The van der Waals surface area contributed by atoms with Gasteiger partial charge in [-0.15, -0.1) is 0 Å². The van der Waals surface area contributed by atoms with Crippen LogP contribution in [0, 0.1) is 11.8 Å². The van der Waals surface area contributed by atoms with Gasteiger partial charge in [0.05, 0.1) is 12.1 Å². The maximum Gasteiger partial charge on any atom is 0.408 e. The van der Waals surface area contributed by atoms with Crippen LogP contribution in [0.25, 0.3) is 0 Å². The Morgan fingerprint density at radius 2 is 1.70 bits per heavy atom. The van der Waals surface area contributed by atoms with Gasteiger partial charge in [-0.2, -0.15) is 0 Å². The zero-order chi connectivity index (χ0) is 32.0. The normalized spacial score (nSPS) is 18.2. The lowest BCUT2D eigenvalue weighted by atomic mass is 9.92. The van der Waals surface area contributed by atoms with E-state index in [0.29, 0.717) is 28.6 Å². The molecule has 0 radical (unpaired) electrons. The first kappa shape index (κ1) is 33.3. The summed E-state index contributed by atoms with van der Waals surface area (Å²) in [5.41, 5.74) is 1.31. The lowest BCUT2D eigenvalue weighted by Gasteiger charge is -2.37. The van der Waals surface area contributed by atoms with E-state index in [1.165, 1.54) is 0 Å². The highest BCUT2D eigenvalue weighted by molar-refractivity contribution is 6.38. The summed E-state index contributed by atoms with van der Waals surface area (Å²) >= 11 is 12.6. The summed E-state index contributed by atoms with van der Waals surface area (Å²) in [5, 5.41) is 19.6. The Morgan fingerprint density at radius 3 is 2.27 bits per heavy atom. The number of ketones is 1. The molecule has 1 aliphatic heterocycles. The van der Waals surface area contributed by atoms with E-state index in [-0.39, 0.29) is 37.1 Å². The minimum Gasteiger partial charge on any atom is -0.465 e. The van der Waals surface area contributed by atoms with Crippen LogP contribution in [0.2, 0.25) is 10.0 Å². The number of rotatable bonds is 14. The van der Waals surface area contributed by atoms with Crippen LogP contribution in [0.5, 0.6) is 0 Å². The fourth-order valence-corrected chi connectivity index (χ4v) is 5.96. The summed E-state index contributed by atoms with van der Waals surface area (Å²) in [6, 6.07) is 10.3. The number of halogens is 2. The number of nitrogens with zero attached hydrogens (tertiary/aromatic N) is 1. The zero-order valence-electron chi connectivity index (χ0n) is 24.7. The average molecular weight is 646 g/mol. The number of Topliss-reactive ketones (excluding diaryl/α,β-unsaturated/α-hetero) is 1. The van der Waals surface area contributed by atoms with E-state index in [2.05, 4.69) is 16.0 Å². The topological polar surface area (TPSA) is 145 Å². The summed E-state index contributed by atoms with van der Waals surface area (Å²) in [7, 11) is 0. The average Bonchev–Trinajstić information content (AvgIpc) is 3.69. The van der Waals surface area contributed by atoms with Crippen LogP contribution in [0.15, 0.2) is 48.5 Å². The summed E-state index contributed by atoms with van der Waals surface area (Å²) < 4.78 is 0. The van der Waals surface area contributed by atoms with Gasteiger partial charge in [-0.25, -0.2) is 4.79 Å². The number of amides is 4. The Balaban J connectivity index is 1.69. The molecule has 1 saturated carbocycles. The molecule has 2 aromatic carbocycles. The molecule has 2 fully saturated rings. The maximum absolute atomic E-state index is 14.1. The number of carbonyl (C=O) groups excluding carboxylic acids is 4. The van der Waals surface area contributed by atoms with Gasteiger partial charge >= 0.3 is 6.09 Å². The van der Waals surface area contributed by atoms with Crippen molar-refractivity contribution >= 4 is 52.8 Å². The van der Waals surface area contributed by atoms with Gasteiger partial charge in [0.2, 0.25) is 17.6 Å². The molecule has 0 aromatic heterocycles. The number of hydrogen-bond acceptors (Lipinski definition) is 5. The lowest BCUT2D eigenvalue weighted by molar-refractivity contribution is -0.141. The second-order valence-corrected chi connectivity index (χ2v) is 12.8. The maximum atomic E-state index is 14.1. The Labute approximate surface area is 266 Å². The molecule has 0 bridgehead atoms. The second-order valence-electron chi connectivity index (χ2n) is 11.9. The SMILES string of the molecule is CC(C)C[C@@H](C(=O)N[C@@H](C[C@@H]1CCNC1=O)C(=O)C(=O)NC1CC1)N(C(=O)O)C(Cc1cccc(Cl)c1)c1cccc(Cl)c1. The van der Waals surface area contributed by atoms with Crippen molar-refractivity contribution in [2.45, 2.75) is 76.5 Å². The van der Waals surface area contributed by atoms with Crippen LogP contribution in [0.3, 0.4) is 0 Å². The van der Waals surface area contributed by atoms with E-state index in [1.807, 2.05) is 19.9 Å². The highest BCUT2D eigenvalue weighted by Crippen LogP contribution is 2.32. The molecule has 1 heterocycles. The predicted molar refractivity (Wildman–Crippen MR) is 166 cm³/mol.